The van der Waals surface area contributed by atoms with Gasteiger partial charge < -0.3 is 10.2 Å². The molecule has 0 radical (unpaired) electrons. The van der Waals surface area contributed by atoms with Gasteiger partial charge in [-0.05, 0) is 44.2 Å². The van der Waals surface area contributed by atoms with Gasteiger partial charge in [-0.1, -0.05) is 6.08 Å². The van der Waals surface area contributed by atoms with E-state index in [1.807, 2.05) is 0 Å². The van der Waals surface area contributed by atoms with E-state index in [1.165, 1.54) is 0 Å². The standard InChI is InChI=1S/C15H24N2O3S/c1-2-8-17(12-3-9-21(19,20)11-12)14(18)13-10-15(13)4-6-16-7-5-15/h2,12-13,16H,1,3-11H2. The Bertz CT molecular complexity index is 537. The van der Waals surface area contributed by atoms with Crippen LogP contribution in [-0.4, -0.2) is 56.4 Å². The highest BCUT2D eigenvalue weighted by Gasteiger charge is 2.59. The first-order valence-electron chi connectivity index (χ1n) is 7.80. The first kappa shape index (κ1) is 15.0. The number of nitrogens with zero attached hydrogens (tertiary/aromatic N) is 1. The van der Waals surface area contributed by atoms with E-state index in [0.717, 1.165) is 32.4 Å². The van der Waals surface area contributed by atoms with Crippen molar-refractivity contribution in [2.75, 3.05) is 31.1 Å². The Morgan fingerprint density at radius 3 is 2.67 bits per heavy atom. The molecule has 0 bridgehead atoms. The van der Waals surface area contributed by atoms with Gasteiger partial charge in [0.15, 0.2) is 9.84 Å². The SMILES string of the molecule is C=CCN(C(=O)C1CC12CCNCC2)C1CCS(=O)(=O)C1. The minimum atomic E-state index is -2.97. The molecule has 3 fully saturated rings. The molecule has 2 aliphatic heterocycles. The molecule has 1 aliphatic carbocycles. The summed E-state index contributed by atoms with van der Waals surface area (Å²) in [5, 5.41) is 3.34. The van der Waals surface area contributed by atoms with Crippen LogP contribution < -0.4 is 5.32 Å². The van der Waals surface area contributed by atoms with E-state index in [1.54, 1.807) is 11.0 Å². The highest BCUT2D eigenvalue weighted by atomic mass is 32.2. The molecule has 0 aromatic rings. The lowest BCUT2D eigenvalue weighted by atomic mass is 9.91. The molecular formula is C15H24N2O3S. The maximum Gasteiger partial charge on any atom is 0.226 e. The predicted octanol–water partition coefficient (Wildman–Crippen LogP) is 0.578. The molecule has 2 unspecified atom stereocenters. The fourth-order valence-corrected chi connectivity index (χ4v) is 5.68. The summed E-state index contributed by atoms with van der Waals surface area (Å²) in [4.78, 5) is 14.6. The maximum atomic E-state index is 12.8. The number of piperidine rings is 1. The lowest BCUT2D eigenvalue weighted by molar-refractivity contribution is -0.134. The van der Waals surface area contributed by atoms with Crippen molar-refractivity contribution in [3.63, 3.8) is 0 Å². The molecule has 1 N–H and O–H groups in total. The van der Waals surface area contributed by atoms with Crippen molar-refractivity contribution < 1.29 is 13.2 Å². The topological polar surface area (TPSA) is 66.5 Å². The van der Waals surface area contributed by atoms with Gasteiger partial charge in [0.2, 0.25) is 5.91 Å². The minimum absolute atomic E-state index is 0.0999. The molecule has 0 aromatic carbocycles. The van der Waals surface area contributed by atoms with E-state index in [9.17, 15) is 13.2 Å². The monoisotopic (exact) mass is 312 g/mol. The van der Waals surface area contributed by atoms with Crippen molar-refractivity contribution in [3.8, 4) is 0 Å². The Balaban J connectivity index is 1.70. The fourth-order valence-electron chi connectivity index (χ4n) is 3.95. The largest absolute Gasteiger partial charge is 0.335 e. The van der Waals surface area contributed by atoms with Crippen LogP contribution in [-0.2, 0) is 14.6 Å². The van der Waals surface area contributed by atoms with E-state index in [2.05, 4.69) is 11.9 Å². The maximum absolute atomic E-state index is 12.8. The number of rotatable bonds is 4. The Labute approximate surface area is 126 Å². The van der Waals surface area contributed by atoms with Crippen LogP contribution in [0.25, 0.3) is 0 Å². The minimum Gasteiger partial charge on any atom is -0.335 e. The van der Waals surface area contributed by atoms with E-state index >= 15 is 0 Å². The highest BCUT2D eigenvalue weighted by molar-refractivity contribution is 7.91. The molecule has 3 aliphatic rings. The van der Waals surface area contributed by atoms with Crippen LogP contribution in [0.15, 0.2) is 12.7 Å². The number of amides is 1. The molecule has 1 saturated carbocycles. The molecule has 21 heavy (non-hydrogen) atoms. The number of carbonyl (C=O) groups is 1. The number of nitrogens with one attached hydrogen (secondary N) is 1. The van der Waals surface area contributed by atoms with Crippen LogP contribution in [0.1, 0.15) is 25.7 Å². The van der Waals surface area contributed by atoms with Crippen LogP contribution in [0, 0.1) is 11.3 Å². The number of hydrogen-bond donors (Lipinski definition) is 1. The molecular weight excluding hydrogens is 288 g/mol. The molecule has 118 valence electrons. The van der Waals surface area contributed by atoms with Crippen LogP contribution >= 0.6 is 0 Å². The average Bonchev–Trinajstić information content (AvgIpc) is 3.01. The Kier molecular flexibility index (Phi) is 3.86. The molecule has 1 spiro atoms. The Morgan fingerprint density at radius 1 is 1.38 bits per heavy atom. The third-order valence-electron chi connectivity index (χ3n) is 5.35. The van der Waals surface area contributed by atoms with Gasteiger partial charge in [-0.2, -0.15) is 0 Å². The van der Waals surface area contributed by atoms with Gasteiger partial charge in [0.05, 0.1) is 11.5 Å². The van der Waals surface area contributed by atoms with Gasteiger partial charge >= 0.3 is 0 Å². The molecule has 3 rings (SSSR count). The molecule has 2 saturated heterocycles. The van der Waals surface area contributed by atoms with Crippen molar-refractivity contribution in [2.24, 2.45) is 11.3 Å². The summed E-state index contributed by atoms with van der Waals surface area (Å²) in [5.41, 5.74) is 0.194. The van der Waals surface area contributed by atoms with Crippen LogP contribution in [0.4, 0.5) is 0 Å². The van der Waals surface area contributed by atoms with Crippen LogP contribution in [0.3, 0.4) is 0 Å². The number of hydrogen-bond acceptors (Lipinski definition) is 4. The summed E-state index contributed by atoms with van der Waals surface area (Å²) < 4.78 is 23.4. The van der Waals surface area contributed by atoms with Crippen molar-refractivity contribution in [2.45, 2.75) is 31.7 Å². The zero-order valence-corrected chi connectivity index (χ0v) is 13.2. The van der Waals surface area contributed by atoms with Crippen molar-refractivity contribution in [1.82, 2.24) is 10.2 Å². The second kappa shape index (κ2) is 5.39. The van der Waals surface area contributed by atoms with E-state index in [0.29, 0.717) is 13.0 Å². The normalized spacial score (nSPS) is 32.8. The lowest BCUT2D eigenvalue weighted by Crippen LogP contribution is -2.43. The lowest BCUT2D eigenvalue weighted by Gasteiger charge is -2.30. The van der Waals surface area contributed by atoms with E-state index in [-0.39, 0.29) is 34.8 Å². The van der Waals surface area contributed by atoms with E-state index < -0.39 is 9.84 Å². The van der Waals surface area contributed by atoms with Gasteiger partial charge in [-0.25, -0.2) is 8.42 Å². The number of carbonyl (C=O) groups excluding carboxylic acids is 1. The summed E-state index contributed by atoms with van der Waals surface area (Å²) in [6.45, 7) is 6.16. The van der Waals surface area contributed by atoms with Crippen molar-refractivity contribution >= 4 is 15.7 Å². The fraction of sp³-hybridized carbons (Fsp3) is 0.800. The first-order chi connectivity index (χ1) is 9.97. The second-order valence-electron chi connectivity index (χ2n) is 6.71. The van der Waals surface area contributed by atoms with Gasteiger partial charge in [0.1, 0.15) is 0 Å². The second-order valence-corrected chi connectivity index (χ2v) is 8.93. The Morgan fingerprint density at radius 2 is 2.10 bits per heavy atom. The Hall–Kier alpha value is -0.880. The summed E-state index contributed by atoms with van der Waals surface area (Å²) in [6.07, 6.45) is 5.38. The smallest absolute Gasteiger partial charge is 0.226 e. The first-order valence-corrected chi connectivity index (χ1v) is 9.62. The van der Waals surface area contributed by atoms with E-state index in [4.69, 9.17) is 0 Å². The predicted molar refractivity (Wildman–Crippen MR) is 81.6 cm³/mol. The van der Waals surface area contributed by atoms with Gasteiger partial charge in [-0.15, -0.1) is 6.58 Å². The summed E-state index contributed by atoms with van der Waals surface area (Å²) in [7, 11) is -2.97. The molecule has 6 heteroatoms. The third-order valence-corrected chi connectivity index (χ3v) is 7.10. The van der Waals surface area contributed by atoms with Gasteiger partial charge in [-0.3, -0.25) is 4.79 Å². The zero-order valence-electron chi connectivity index (χ0n) is 12.4. The van der Waals surface area contributed by atoms with Crippen molar-refractivity contribution in [3.05, 3.63) is 12.7 Å². The quantitative estimate of drug-likeness (QED) is 0.771. The van der Waals surface area contributed by atoms with Gasteiger partial charge in [0, 0.05) is 18.5 Å². The molecule has 1 amide bonds. The zero-order chi connectivity index (χ0) is 15.1. The number of sulfone groups is 1. The molecule has 2 heterocycles. The van der Waals surface area contributed by atoms with Crippen LogP contribution in [0.2, 0.25) is 0 Å². The summed E-state index contributed by atoms with van der Waals surface area (Å²) in [6, 6.07) is -0.153. The van der Waals surface area contributed by atoms with Gasteiger partial charge in [0.25, 0.3) is 0 Å². The summed E-state index contributed by atoms with van der Waals surface area (Å²) >= 11 is 0. The summed E-state index contributed by atoms with van der Waals surface area (Å²) in [5.74, 6) is 0.577. The molecule has 0 aromatic heterocycles. The molecule has 5 nitrogen and oxygen atoms in total. The van der Waals surface area contributed by atoms with Crippen LogP contribution in [0.5, 0.6) is 0 Å². The highest BCUT2D eigenvalue weighted by Crippen LogP contribution is 2.59. The molecule has 2 atom stereocenters. The van der Waals surface area contributed by atoms with Crippen molar-refractivity contribution in [1.29, 1.82) is 0 Å². The average molecular weight is 312 g/mol. The third kappa shape index (κ3) is 2.88.